The van der Waals surface area contributed by atoms with E-state index in [0.717, 1.165) is 31.2 Å². The van der Waals surface area contributed by atoms with Gasteiger partial charge in [-0.2, -0.15) is 5.10 Å². The minimum absolute atomic E-state index is 0. The lowest BCUT2D eigenvalue weighted by Crippen LogP contribution is -2.48. The summed E-state index contributed by atoms with van der Waals surface area (Å²) in [6.45, 7) is 12.9. The van der Waals surface area contributed by atoms with Crippen molar-refractivity contribution in [1.29, 1.82) is 0 Å². The molecule has 1 atom stereocenters. The lowest BCUT2D eigenvalue weighted by Gasteiger charge is -2.35. The number of aryl methyl sites for hydroxylation is 1. The fraction of sp³-hybridized carbons (Fsp3) is 0.800. The summed E-state index contributed by atoms with van der Waals surface area (Å²) < 4.78 is 7.77. The Kier molecular flexibility index (Phi) is 10.7. The Hall–Kier alpha value is -0.910. The number of nitrogens with zero attached hydrogens (tertiary/aromatic N) is 6. The van der Waals surface area contributed by atoms with Crippen molar-refractivity contribution in [2.24, 2.45) is 12.0 Å². The summed E-state index contributed by atoms with van der Waals surface area (Å²) in [7, 11) is 3.80. The van der Waals surface area contributed by atoms with Crippen molar-refractivity contribution in [3.05, 3.63) is 18.0 Å². The van der Waals surface area contributed by atoms with Crippen LogP contribution in [0.1, 0.15) is 31.4 Å². The summed E-state index contributed by atoms with van der Waals surface area (Å²) >= 11 is 0. The molecule has 2 fully saturated rings. The Balaban J connectivity index is 0.00000300. The van der Waals surface area contributed by atoms with Gasteiger partial charge in [0.25, 0.3) is 0 Å². The Morgan fingerprint density at radius 1 is 1.21 bits per heavy atom. The molecule has 0 aliphatic carbocycles. The van der Waals surface area contributed by atoms with Gasteiger partial charge in [-0.1, -0.05) is 6.92 Å². The molecular formula is C20H38IN7O. The van der Waals surface area contributed by atoms with Gasteiger partial charge in [0.05, 0.1) is 19.3 Å². The quantitative estimate of drug-likeness (QED) is 0.255. The number of likely N-dealkylation sites (N-methyl/N-ethyl adjacent to an activating group) is 1. The van der Waals surface area contributed by atoms with Crippen LogP contribution in [0.5, 0.6) is 0 Å². The molecule has 0 spiro atoms. The molecule has 9 heteroatoms. The third-order valence-electron chi connectivity index (χ3n) is 5.77. The molecule has 3 heterocycles. The number of hydrogen-bond donors (Lipinski definition) is 1. The van der Waals surface area contributed by atoms with Gasteiger partial charge in [-0.25, -0.2) is 0 Å². The van der Waals surface area contributed by atoms with Crippen molar-refractivity contribution in [3.63, 3.8) is 0 Å². The summed E-state index contributed by atoms with van der Waals surface area (Å²) in [5.74, 6) is 0.980. The smallest absolute Gasteiger partial charge is 0.193 e. The van der Waals surface area contributed by atoms with Gasteiger partial charge < -0.3 is 24.8 Å². The number of morpholine rings is 1. The van der Waals surface area contributed by atoms with E-state index in [1.165, 1.54) is 52.1 Å². The number of guanidine groups is 1. The number of unbranched alkanes of at least 4 members (excludes halogenated alkanes) is 1. The highest BCUT2D eigenvalue weighted by Crippen LogP contribution is 2.21. The average Bonchev–Trinajstić information content (AvgIpc) is 3.17. The minimum atomic E-state index is 0. The molecule has 1 aromatic rings. The van der Waals surface area contributed by atoms with E-state index in [9.17, 15) is 0 Å². The highest BCUT2D eigenvalue weighted by molar-refractivity contribution is 14.0. The second kappa shape index (κ2) is 12.7. The van der Waals surface area contributed by atoms with E-state index in [1.54, 1.807) is 0 Å². The molecular weight excluding hydrogens is 481 g/mol. The normalized spacial score (nSPS) is 21.8. The van der Waals surface area contributed by atoms with E-state index in [4.69, 9.17) is 4.74 Å². The Labute approximate surface area is 192 Å². The van der Waals surface area contributed by atoms with E-state index in [1.807, 2.05) is 31.2 Å². The summed E-state index contributed by atoms with van der Waals surface area (Å²) in [5.41, 5.74) is 1.13. The van der Waals surface area contributed by atoms with E-state index in [2.05, 4.69) is 37.0 Å². The molecule has 8 nitrogen and oxygen atoms in total. The number of halogens is 1. The van der Waals surface area contributed by atoms with Gasteiger partial charge in [-0.05, 0) is 25.9 Å². The van der Waals surface area contributed by atoms with Crippen LogP contribution in [0.2, 0.25) is 0 Å². The van der Waals surface area contributed by atoms with Gasteiger partial charge in [0.2, 0.25) is 0 Å². The molecule has 166 valence electrons. The number of ether oxygens (including phenoxy) is 1. The molecule has 0 radical (unpaired) electrons. The zero-order chi connectivity index (χ0) is 19.8. The van der Waals surface area contributed by atoms with Crippen molar-refractivity contribution >= 4 is 29.9 Å². The first-order chi connectivity index (χ1) is 13.7. The van der Waals surface area contributed by atoms with Crippen LogP contribution in [0.3, 0.4) is 0 Å². The third-order valence-corrected chi connectivity index (χ3v) is 5.77. The van der Waals surface area contributed by atoms with Crippen LogP contribution in [0.15, 0.2) is 17.4 Å². The molecule has 1 unspecified atom stereocenters. The van der Waals surface area contributed by atoms with Crippen molar-refractivity contribution in [1.82, 2.24) is 29.8 Å². The van der Waals surface area contributed by atoms with Crippen LogP contribution >= 0.6 is 24.0 Å². The maximum atomic E-state index is 5.94. The van der Waals surface area contributed by atoms with E-state index < -0.39 is 0 Å². The highest BCUT2D eigenvalue weighted by Gasteiger charge is 2.25. The van der Waals surface area contributed by atoms with Crippen molar-refractivity contribution in [2.75, 3.05) is 72.6 Å². The first kappa shape index (κ1) is 24.4. The lowest BCUT2D eigenvalue weighted by molar-refractivity contribution is -0.00802. The van der Waals surface area contributed by atoms with Crippen molar-refractivity contribution in [3.8, 4) is 0 Å². The van der Waals surface area contributed by atoms with Crippen LogP contribution in [-0.2, 0) is 11.8 Å². The molecule has 1 aromatic heterocycles. The fourth-order valence-corrected chi connectivity index (χ4v) is 3.97. The Bertz CT molecular complexity index is 616. The number of hydrogen-bond acceptors (Lipinski definition) is 5. The molecule has 0 aromatic carbocycles. The van der Waals surface area contributed by atoms with Gasteiger partial charge >= 0.3 is 0 Å². The van der Waals surface area contributed by atoms with E-state index in [0.29, 0.717) is 6.61 Å². The first-order valence-corrected chi connectivity index (χ1v) is 10.7. The number of aromatic nitrogens is 2. The predicted octanol–water partition coefficient (Wildman–Crippen LogP) is 1.40. The third kappa shape index (κ3) is 7.37. The maximum Gasteiger partial charge on any atom is 0.193 e. The molecule has 2 saturated heterocycles. The maximum absolute atomic E-state index is 5.94. The monoisotopic (exact) mass is 519 g/mol. The summed E-state index contributed by atoms with van der Waals surface area (Å²) in [6.07, 6.45) is 6.39. The van der Waals surface area contributed by atoms with Gasteiger partial charge in [0.1, 0.15) is 6.10 Å². The topological polar surface area (TPSA) is 61.2 Å². The molecule has 0 bridgehead atoms. The second-order valence-corrected chi connectivity index (χ2v) is 7.71. The van der Waals surface area contributed by atoms with Crippen LogP contribution < -0.4 is 5.32 Å². The van der Waals surface area contributed by atoms with E-state index in [-0.39, 0.29) is 30.1 Å². The predicted molar refractivity (Wildman–Crippen MR) is 128 cm³/mol. The molecule has 2 aliphatic rings. The molecule has 0 saturated carbocycles. The number of rotatable bonds is 7. The van der Waals surface area contributed by atoms with Gasteiger partial charge in [-0.15, -0.1) is 24.0 Å². The number of nitrogens with one attached hydrogen (secondary N) is 1. The summed E-state index contributed by atoms with van der Waals surface area (Å²) in [6, 6.07) is 0. The molecule has 0 amide bonds. The number of piperazine rings is 1. The van der Waals surface area contributed by atoms with Crippen LogP contribution in [-0.4, -0.2) is 103 Å². The van der Waals surface area contributed by atoms with E-state index >= 15 is 0 Å². The molecule has 2 aliphatic heterocycles. The summed E-state index contributed by atoms with van der Waals surface area (Å²) in [5, 5.41) is 7.81. The Morgan fingerprint density at radius 2 is 1.97 bits per heavy atom. The Morgan fingerprint density at radius 3 is 2.62 bits per heavy atom. The second-order valence-electron chi connectivity index (χ2n) is 7.71. The SMILES string of the molecule is CCN1CCN(CCCCNC(=NC)N2CCOC(c3cnn(C)c3)C2)CC1.I. The zero-order valence-corrected chi connectivity index (χ0v) is 20.5. The molecule has 1 N–H and O–H groups in total. The van der Waals surface area contributed by atoms with Crippen LogP contribution in [0, 0.1) is 0 Å². The van der Waals surface area contributed by atoms with Crippen molar-refractivity contribution in [2.45, 2.75) is 25.9 Å². The lowest BCUT2D eigenvalue weighted by atomic mass is 10.1. The molecule has 29 heavy (non-hydrogen) atoms. The van der Waals surface area contributed by atoms with Gasteiger partial charge in [0, 0.05) is 65.1 Å². The standard InChI is InChI=1S/C20H37N7O.HI/c1-4-25-9-11-26(12-10-25)8-6-5-7-22-20(21-2)27-13-14-28-19(17-27)18-15-23-24(3)16-18;/h15-16,19H,4-14,17H2,1-3H3,(H,21,22);1H. The molecule has 3 rings (SSSR count). The van der Waals surface area contributed by atoms with Gasteiger partial charge in [-0.3, -0.25) is 9.67 Å². The van der Waals surface area contributed by atoms with Crippen LogP contribution in [0.25, 0.3) is 0 Å². The first-order valence-electron chi connectivity index (χ1n) is 10.7. The van der Waals surface area contributed by atoms with Crippen molar-refractivity contribution < 1.29 is 4.74 Å². The zero-order valence-electron chi connectivity index (χ0n) is 18.2. The van der Waals surface area contributed by atoms with Crippen LogP contribution in [0.4, 0.5) is 0 Å². The number of aliphatic imine (C=N–C) groups is 1. The summed E-state index contributed by atoms with van der Waals surface area (Å²) in [4.78, 5) is 11.9. The largest absolute Gasteiger partial charge is 0.370 e. The average molecular weight is 519 g/mol. The van der Waals surface area contributed by atoms with Gasteiger partial charge in [0.15, 0.2) is 5.96 Å². The minimum Gasteiger partial charge on any atom is -0.370 e. The fourth-order valence-electron chi connectivity index (χ4n) is 3.97. The highest BCUT2D eigenvalue weighted by atomic mass is 127.